The summed E-state index contributed by atoms with van der Waals surface area (Å²) in [5.74, 6) is 0.668. The Labute approximate surface area is 309 Å². The maximum Gasteiger partial charge on any atom is 0.408 e. The minimum atomic E-state index is -0.639. The number of para-hydroxylation sites is 1. The van der Waals surface area contributed by atoms with Crippen molar-refractivity contribution in [1.29, 1.82) is 0 Å². The third-order valence-corrected chi connectivity index (χ3v) is 8.73. The van der Waals surface area contributed by atoms with E-state index in [9.17, 15) is 19.2 Å². The first kappa shape index (κ1) is 38.6. The number of H-pyrrole nitrogens is 1. The van der Waals surface area contributed by atoms with Crippen molar-refractivity contribution in [2.45, 2.75) is 52.7 Å². The number of imidazole rings is 1. The molecule has 3 N–H and O–H groups in total. The number of anilines is 2. The monoisotopic (exact) mass is 727 g/mol. The average Bonchev–Trinajstić information content (AvgIpc) is 3.55. The zero-order valence-electron chi connectivity index (χ0n) is 31.5. The van der Waals surface area contributed by atoms with Gasteiger partial charge in [-0.25, -0.2) is 9.78 Å². The first-order valence-electron chi connectivity index (χ1n) is 17.6. The van der Waals surface area contributed by atoms with Gasteiger partial charge in [0.15, 0.2) is 0 Å². The summed E-state index contributed by atoms with van der Waals surface area (Å²) in [5.41, 5.74) is 2.96. The second-order valence-electron chi connectivity index (χ2n) is 14.1. The van der Waals surface area contributed by atoms with Gasteiger partial charge in [-0.05, 0) is 89.2 Å². The number of benzene rings is 3. The summed E-state index contributed by atoms with van der Waals surface area (Å²) in [6.07, 6.45) is 0.375. The van der Waals surface area contributed by atoms with Crippen LogP contribution in [0, 0.1) is 6.92 Å². The van der Waals surface area contributed by atoms with Crippen LogP contribution in [0.1, 0.15) is 65.7 Å². The van der Waals surface area contributed by atoms with E-state index in [4.69, 9.17) is 14.2 Å². The van der Waals surface area contributed by atoms with Gasteiger partial charge in [-0.3, -0.25) is 14.4 Å². The summed E-state index contributed by atoms with van der Waals surface area (Å²) >= 11 is 0. The van der Waals surface area contributed by atoms with E-state index in [1.54, 1.807) is 64.2 Å². The molecule has 5 rings (SSSR count). The highest BCUT2D eigenvalue weighted by atomic mass is 16.6. The second-order valence-corrected chi connectivity index (χ2v) is 14.1. The molecule has 3 aromatic carbocycles. The van der Waals surface area contributed by atoms with E-state index in [0.717, 1.165) is 31.7 Å². The number of likely N-dealkylation sites (N-methyl/N-ethyl adjacent to an activating group) is 1. The predicted octanol–water partition coefficient (Wildman–Crippen LogP) is 5.37. The van der Waals surface area contributed by atoms with E-state index in [-0.39, 0.29) is 18.4 Å². The number of amides is 4. The van der Waals surface area contributed by atoms with Crippen LogP contribution in [0.2, 0.25) is 0 Å². The van der Waals surface area contributed by atoms with Gasteiger partial charge in [0.05, 0.1) is 42.7 Å². The molecule has 1 aliphatic heterocycles. The lowest BCUT2D eigenvalue weighted by Crippen LogP contribution is -2.47. The molecule has 1 aromatic heterocycles. The van der Waals surface area contributed by atoms with Crippen molar-refractivity contribution < 1.29 is 33.4 Å². The fourth-order valence-corrected chi connectivity index (χ4v) is 5.87. The quantitative estimate of drug-likeness (QED) is 0.163. The fourth-order valence-electron chi connectivity index (χ4n) is 5.87. The van der Waals surface area contributed by atoms with E-state index < -0.39 is 17.6 Å². The molecule has 1 fully saturated rings. The minimum Gasteiger partial charge on any atom is -0.495 e. The number of rotatable bonds is 12. The van der Waals surface area contributed by atoms with Crippen molar-refractivity contribution in [2.75, 3.05) is 64.2 Å². The Kier molecular flexibility index (Phi) is 12.2. The fraction of sp³-hybridized carbons (Fsp3) is 0.410. The normalized spacial score (nSPS) is 13.4. The van der Waals surface area contributed by atoms with Gasteiger partial charge in [-0.2, -0.15) is 0 Å². The number of nitrogens with zero attached hydrogens (tertiary/aromatic N) is 4. The van der Waals surface area contributed by atoms with Crippen LogP contribution in [0.25, 0.3) is 11.0 Å². The number of aromatic nitrogens is 2. The maximum absolute atomic E-state index is 13.8. The van der Waals surface area contributed by atoms with Gasteiger partial charge >= 0.3 is 6.09 Å². The van der Waals surface area contributed by atoms with Gasteiger partial charge < -0.3 is 44.5 Å². The second kappa shape index (κ2) is 16.8. The molecule has 4 amide bonds. The molecular weight excluding hydrogens is 678 g/mol. The molecule has 1 aliphatic rings. The number of ether oxygens (including phenoxy) is 3. The molecule has 0 bridgehead atoms. The van der Waals surface area contributed by atoms with Crippen molar-refractivity contribution >= 4 is 46.2 Å². The van der Waals surface area contributed by atoms with Crippen LogP contribution in [-0.2, 0) is 16.1 Å². The number of nitrogens with one attached hydrogen (secondary N) is 3. The Morgan fingerprint density at radius 2 is 1.74 bits per heavy atom. The summed E-state index contributed by atoms with van der Waals surface area (Å²) in [4.78, 5) is 65.4. The molecule has 0 unspecified atom stereocenters. The first-order valence-corrected chi connectivity index (χ1v) is 17.6. The molecule has 0 aliphatic carbocycles. The predicted molar refractivity (Wildman–Crippen MR) is 203 cm³/mol. The van der Waals surface area contributed by atoms with Crippen LogP contribution in [0.5, 0.6) is 11.5 Å². The van der Waals surface area contributed by atoms with Crippen molar-refractivity contribution in [1.82, 2.24) is 25.1 Å². The lowest BCUT2D eigenvalue weighted by Gasteiger charge is -2.32. The molecular formula is C39H49N7O7. The topological polar surface area (TPSA) is 158 Å². The summed E-state index contributed by atoms with van der Waals surface area (Å²) in [7, 11) is 5.18. The van der Waals surface area contributed by atoms with Crippen LogP contribution >= 0.6 is 0 Å². The van der Waals surface area contributed by atoms with E-state index in [0.29, 0.717) is 70.3 Å². The number of hydrogen-bond donors (Lipinski definition) is 3. The van der Waals surface area contributed by atoms with Gasteiger partial charge in [0.25, 0.3) is 11.8 Å². The molecule has 282 valence electrons. The standard InChI is InChI=1S/C39H49N7O7/c1-25-13-16-30(32(22-25)52-21-9-12-34(47)46-19-17-44(5)18-20-46)45(6)37(49)26-14-15-28(31(23-26)51-7)42-36(48)27-10-8-11-29-35(27)43-33(41-29)24-40-38(50)53-39(2,3)4/h8,10-11,13-16,22-23H,9,12,17-21,24H2,1-7H3,(H,40,50)(H,41,43)(H,42,48). The molecule has 1 saturated heterocycles. The Bertz CT molecular complexity index is 1960. The average molecular weight is 728 g/mol. The van der Waals surface area contributed by atoms with Gasteiger partial charge in [-0.15, -0.1) is 0 Å². The van der Waals surface area contributed by atoms with Crippen molar-refractivity contribution in [3.63, 3.8) is 0 Å². The Morgan fingerprint density at radius 1 is 0.981 bits per heavy atom. The van der Waals surface area contributed by atoms with Crippen molar-refractivity contribution in [3.8, 4) is 11.5 Å². The molecule has 0 atom stereocenters. The number of aryl methyl sites for hydroxylation is 1. The van der Waals surface area contributed by atoms with E-state index in [1.165, 1.54) is 12.0 Å². The molecule has 0 saturated carbocycles. The number of piperazine rings is 1. The van der Waals surface area contributed by atoms with Crippen LogP contribution in [0.15, 0.2) is 54.6 Å². The number of fused-ring (bicyclic) bond motifs is 1. The molecule has 0 radical (unpaired) electrons. The molecule has 14 heteroatoms. The summed E-state index contributed by atoms with van der Waals surface area (Å²) in [6, 6.07) is 15.6. The lowest BCUT2D eigenvalue weighted by molar-refractivity contribution is -0.133. The van der Waals surface area contributed by atoms with E-state index >= 15 is 0 Å². The summed E-state index contributed by atoms with van der Waals surface area (Å²) < 4.78 is 17.0. The SMILES string of the molecule is COc1cc(C(=O)N(C)c2ccc(C)cc2OCCCC(=O)N2CCN(C)CC2)ccc1NC(=O)c1cccc2[nH]c(CNC(=O)OC(C)(C)C)nc12. The lowest BCUT2D eigenvalue weighted by atomic mass is 10.1. The Morgan fingerprint density at radius 3 is 2.45 bits per heavy atom. The Balaban J connectivity index is 1.23. The number of aromatic amines is 1. The minimum absolute atomic E-state index is 0.0802. The largest absolute Gasteiger partial charge is 0.495 e. The zero-order chi connectivity index (χ0) is 38.3. The molecule has 14 nitrogen and oxygen atoms in total. The van der Waals surface area contributed by atoms with Crippen LogP contribution < -0.4 is 25.0 Å². The van der Waals surface area contributed by atoms with Crippen LogP contribution in [-0.4, -0.2) is 103 Å². The highest BCUT2D eigenvalue weighted by Gasteiger charge is 2.23. The number of carbonyl (C=O) groups is 4. The van der Waals surface area contributed by atoms with Crippen molar-refractivity contribution in [3.05, 3.63) is 77.1 Å². The molecule has 2 heterocycles. The van der Waals surface area contributed by atoms with Crippen LogP contribution in [0.4, 0.5) is 16.2 Å². The van der Waals surface area contributed by atoms with Gasteiger partial charge in [0, 0.05) is 45.2 Å². The third-order valence-electron chi connectivity index (χ3n) is 8.73. The van der Waals surface area contributed by atoms with Gasteiger partial charge in [-0.1, -0.05) is 12.1 Å². The number of carbonyl (C=O) groups excluding carboxylic acids is 4. The highest BCUT2D eigenvalue weighted by molar-refractivity contribution is 6.12. The maximum atomic E-state index is 13.8. The van der Waals surface area contributed by atoms with Gasteiger partial charge in [0.2, 0.25) is 5.91 Å². The number of alkyl carbamates (subject to hydrolysis) is 1. The Hall–Kier alpha value is -5.63. The highest BCUT2D eigenvalue weighted by Crippen LogP contribution is 2.32. The third kappa shape index (κ3) is 10.0. The van der Waals surface area contributed by atoms with E-state index in [1.807, 2.05) is 30.0 Å². The van der Waals surface area contributed by atoms with E-state index in [2.05, 4.69) is 32.5 Å². The number of methoxy groups -OCH3 is 1. The van der Waals surface area contributed by atoms with Gasteiger partial charge in [0.1, 0.15) is 28.4 Å². The molecule has 0 spiro atoms. The zero-order valence-corrected chi connectivity index (χ0v) is 31.5. The number of hydrogen-bond acceptors (Lipinski definition) is 9. The van der Waals surface area contributed by atoms with Crippen LogP contribution in [0.3, 0.4) is 0 Å². The molecule has 53 heavy (non-hydrogen) atoms. The summed E-state index contributed by atoms with van der Waals surface area (Å²) in [5, 5.41) is 5.54. The summed E-state index contributed by atoms with van der Waals surface area (Å²) in [6.45, 7) is 10.9. The molecule has 4 aromatic rings. The van der Waals surface area contributed by atoms with Crippen molar-refractivity contribution in [2.24, 2.45) is 0 Å². The first-order chi connectivity index (χ1) is 25.2. The smallest absolute Gasteiger partial charge is 0.408 e.